The molecule has 0 bridgehead atoms. The van der Waals surface area contributed by atoms with E-state index in [0.717, 1.165) is 0 Å². The molecule has 2 N–H and O–H groups in total. The van der Waals surface area contributed by atoms with E-state index in [2.05, 4.69) is 0 Å². The van der Waals surface area contributed by atoms with E-state index in [1.807, 2.05) is 40.1 Å². The van der Waals surface area contributed by atoms with E-state index < -0.39 is 5.41 Å². The number of hydrogen-bond donors (Lipinski definition) is 1. The van der Waals surface area contributed by atoms with E-state index >= 15 is 0 Å². The second-order valence-electron chi connectivity index (χ2n) is 6.55. The number of halogens is 1. The molecule has 2 aliphatic rings. The summed E-state index contributed by atoms with van der Waals surface area (Å²) in [6, 6.07) is 9.27. The Morgan fingerprint density at radius 2 is 1.56 bits per heavy atom. The molecule has 0 aliphatic carbocycles. The lowest BCUT2D eigenvalue weighted by Crippen LogP contribution is -2.57. The first-order valence-corrected chi connectivity index (χ1v) is 8.58. The average molecular weight is 368 g/mol. The lowest BCUT2D eigenvalue weighted by atomic mass is 9.78. The number of piperazine rings is 1. The van der Waals surface area contributed by atoms with Crippen LogP contribution in [0.5, 0.6) is 0 Å². The van der Waals surface area contributed by atoms with Gasteiger partial charge in [-0.2, -0.15) is 0 Å². The second-order valence-corrected chi connectivity index (χ2v) is 6.55. The molecule has 0 aromatic heterocycles. The van der Waals surface area contributed by atoms with Crippen molar-refractivity contribution >= 4 is 24.2 Å². The number of rotatable bonds is 3. The van der Waals surface area contributed by atoms with Crippen LogP contribution >= 0.6 is 12.4 Å². The Kier molecular flexibility index (Phi) is 6.81. The Morgan fingerprint density at radius 3 is 2.12 bits per heavy atom. The van der Waals surface area contributed by atoms with E-state index in [4.69, 9.17) is 10.5 Å². The van der Waals surface area contributed by atoms with Gasteiger partial charge in [0, 0.05) is 51.5 Å². The quantitative estimate of drug-likeness (QED) is 0.869. The molecule has 3 rings (SSSR count). The summed E-state index contributed by atoms with van der Waals surface area (Å²) in [4.78, 5) is 29.1. The fraction of sp³-hybridized carbons (Fsp3) is 0.556. The fourth-order valence-corrected chi connectivity index (χ4v) is 3.48. The maximum Gasteiger partial charge on any atom is 0.253 e. The van der Waals surface area contributed by atoms with Crippen LogP contribution in [-0.4, -0.2) is 67.6 Å². The lowest BCUT2D eigenvalue weighted by molar-refractivity contribution is -0.148. The molecule has 0 spiro atoms. The number of carbonyl (C=O) groups excluding carboxylic acids is 2. The van der Waals surface area contributed by atoms with Crippen LogP contribution in [0.3, 0.4) is 0 Å². The number of benzene rings is 1. The zero-order chi connectivity index (χ0) is 17.0. The first-order valence-electron chi connectivity index (χ1n) is 8.58. The summed E-state index contributed by atoms with van der Waals surface area (Å²) in [7, 11) is 0. The molecule has 138 valence electrons. The Labute approximate surface area is 154 Å². The van der Waals surface area contributed by atoms with Gasteiger partial charge in [0.25, 0.3) is 5.91 Å². The average Bonchev–Trinajstić information content (AvgIpc) is 2.68. The van der Waals surface area contributed by atoms with Gasteiger partial charge in [0.05, 0.1) is 5.41 Å². The van der Waals surface area contributed by atoms with Gasteiger partial charge in [0.15, 0.2) is 0 Å². The molecule has 1 aromatic rings. The summed E-state index contributed by atoms with van der Waals surface area (Å²) in [5.41, 5.74) is 6.14. The van der Waals surface area contributed by atoms with Gasteiger partial charge >= 0.3 is 0 Å². The third-order valence-corrected chi connectivity index (χ3v) is 5.17. The van der Waals surface area contributed by atoms with Gasteiger partial charge in [-0.1, -0.05) is 18.2 Å². The molecule has 0 radical (unpaired) electrons. The van der Waals surface area contributed by atoms with Crippen LogP contribution < -0.4 is 5.73 Å². The second kappa shape index (κ2) is 8.65. The Hall–Kier alpha value is -1.63. The van der Waals surface area contributed by atoms with Crippen molar-refractivity contribution in [3.8, 4) is 0 Å². The Balaban J connectivity index is 0.00000225. The molecule has 6 nitrogen and oxygen atoms in total. The zero-order valence-corrected chi connectivity index (χ0v) is 15.2. The van der Waals surface area contributed by atoms with Crippen molar-refractivity contribution in [2.75, 3.05) is 45.9 Å². The minimum atomic E-state index is -0.482. The Bertz CT molecular complexity index is 582. The standard InChI is InChI=1S/C18H25N3O3.ClH/c19-14-18(6-12-24-13-7-18)17(23)21-10-8-20(9-11-21)16(22)15-4-2-1-3-5-15;/h1-5H,6-14,19H2;1H. The number of hydrogen-bond acceptors (Lipinski definition) is 4. The molecule has 2 fully saturated rings. The van der Waals surface area contributed by atoms with Gasteiger partial charge < -0.3 is 20.3 Å². The van der Waals surface area contributed by atoms with Crippen LogP contribution in [0.25, 0.3) is 0 Å². The SMILES string of the molecule is Cl.NCC1(C(=O)N2CCN(C(=O)c3ccccc3)CC2)CCOCC1. The van der Waals surface area contributed by atoms with Crippen LogP contribution in [0.4, 0.5) is 0 Å². The largest absolute Gasteiger partial charge is 0.381 e. The first kappa shape index (κ1) is 19.7. The number of carbonyl (C=O) groups is 2. The van der Waals surface area contributed by atoms with E-state index in [1.54, 1.807) is 0 Å². The predicted molar refractivity (Wildman–Crippen MR) is 97.7 cm³/mol. The van der Waals surface area contributed by atoms with Crippen molar-refractivity contribution in [3.63, 3.8) is 0 Å². The van der Waals surface area contributed by atoms with E-state index in [0.29, 0.717) is 64.3 Å². The van der Waals surface area contributed by atoms with Crippen molar-refractivity contribution in [2.45, 2.75) is 12.8 Å². The van der Waals surface area contributed by atoms with Crippen LogP contribution in [0.2, 0.25) is 0 Å². The molecule has 2 amide bonds. The highest BCUT2D eigenvalue weighted by Crippen LogP contribution is 2.32. The topological polar surface area (TPSA) is 75.9 Å². The van der Waals surface area contributed by atoms with Gasteiger partial charge in [-0.3, -0.25) is 9.59 Å². The van der Waals surface area contributed by atoms with E-state index in [9.17, 15) is 9.59 Å². The smallest absolute Gasteiger partial charge is 0.253 e. The van der Waals surface area contributed by atoms with Gasteiger partial charge in [-0.05, 0) is 25.0 Å². The first-order chi connectivity index (χ1) is 11.7. The van der Waals surface area contributed by atoms with Gasteiger partial charge in [-0.15, -0.1) is 12.4 Å². The molecule has 2 aliphatic heterocycles. The van der Waals surface area contributed by atoms with Crippen LogP contribution in [0, 0.1) is 5.41 Å². The monoisotopic (exact) mass is 367 g/mol. The Morgan fingerprint density at radius 1 is 1.00 bits per heavy atom. The van der Waals surface area contributed by atoms with Crippen molar-refractivity contribution < 1.29 is 14.3 Å². The van der Waals surface area contributed by atoms with Crippen molar-refractivity contribution in [3.05, 3.63) is 35.9 Å². The molecular weight excluding hydrogens is 342 g/mol. The number of nitrogens with two attached hydrogens (primary N) is 1. The van der Waals surface area contributed by atoms with Crippen LogP contribution in [0.15, 0.2) is 30.3 Å². The van der Waals surface area contributed by atoms with Gasteiger partial charge in [-0.25, -0.2) is 0 Å². The molecule has 0 unspecified atom stereocenters. The maximum absolute atomic E-state index is 12.9. The molecular formula is C18H26ClN3O3. The third-order valence-electron chi connectivity index (χ3n) is 5.17. The zero-order valence-electron chi connectivity index (χ0n) is 14.4. The van der Waals surface area contributed by atoms with Gasteiger partial charge in [0.2, 0.25) is 5.91 Å². The van der Waals surface area contributed by atoms with Crippen molar-refractivity contribution in [1.82, 2.24) is 9.80 Å². The summed E-state index contributed by atoms with van der Waals surface area (Å²) in [5, 5.41) is 0. The minimum Gasteiger partial charge on any atom is -0.381 e. The summed E-state index contributed by atoms with van der Waals surface area (Å²) in [6.07, 6.45) is 1.37. The summed E-state index contributed by atoms with van der Waals surface area (Å²) in [5.74, 6) is 0.155. The van der Waals surface area contributed by atoms with Crippen LogP contribution in [-0.2, 0) is 9.53 Å². The summed E-state index contributed by atoms with van der Waals surface area (Å²) in [6.45, 7) is 3.82. The fourth-order valence-electron chi connectivity index (χ4n) is 3.48. The molecule has 1 aromatic carbocycles. The molecule has 0 saturated carbocycles. The number of ether oxygens (including phenoxy) is 1. The molecule has 2 heterocycles. The normalized spacial score (nSPS) is 19.9. The molecule has 2 saturated heterocycles. The number of nitrogens with zero attached hydrogens (tertiary/aromatic N) is 2. The highest BCUT2D eigenvalue weighted by atomic mass is 35.5. The lowest BCUT2D eigenvalue weighted by Gasteiger charge is -2.42. The van der Waals surface area contributed by atoms with E-state index in [1.165, 1.54) is 0 Å². The summed E-state index contributed by atoms with van der Waals surface area (Å²) < 4.78 is 5.38. The van der Waals surface area contributed by atoms with Crippen molar-refractivity contribution in [1.29, 1.82) is 0 Å². The minimum absolute atomic E-state index is 0. The predicted octanol–water partition coefficient (Wildman–Crippen LogP) is 1.15. The number of amides is 2. The molecule has 0 atom stereocenters. The van der Waals surface area contributed by atoms with E-state index in [-0.39, 0.29) is 24.2 Å². The molecule has 7 heteroatoms. The maximum atomic E-state index is 12.9. The van der Waals surface area contributed by atoms with Crippen LogP contribution in [0.1, 0.15) is 23.2 Å². The molecule has 25 heavy (non-hydrogen) atoms. The van der Waals surface area contributed by atoms with Crippen molar-refractivity contribution in [2.24, 2.45) is 11.1 Å². The van der Waals surface area contributed by atoms with Gasteiger partial charge in [0.1, 0.15) is 0 Å². The third kappa shape index (κ3) is 4.14. The highest BCUT2D eigenvalue weighted by Gasteiger charge is 2.42. The highest BCUT2D eigenvalue weighted by molar-refractivity contribution is 5.94. The summed E-state index contributed by atoms with van der Waals surface area (Å²) >= 11 is 0.